The van der Waals surface area contributed by atoms with Crippen molar-refractivity contribution in [3.8, 4) is 0 Å². The maximum atomic E-state index is 12.3. The van der Waals surface area contributed by atoms with Gasteiger partial charge >= 0.3 is 12.0 Å². The molecule has 12 nitrogen and oxygen atoms in total. The lowest BCUT2D eigenvalue weighted by Gasteiger charge is -2.10. The Morgan fingerprint density at radius 1 is 0.969 bits per heavy atom. The molecule has 1 aromatic carbocycles. The number of ether oxygens (including phenoxy) is 1. The number of nitrogens with zero attached hydrogens (tertiary/aromatic N) is 4. The van der Waals surface area contributed by atoms with Crippen molar-refractivity contribution in [1.82, 2.24) is 24.7 Å². The van der Waals surface area contributed by atoms with Crippen LogP contribution in [0, 0.1) is 0 Å². The molecule has 0 radical (unpaired) electrons. The molecular formula is C17H15Cl2N7O5S. The summed E-state index contributed by atoms with van der Waals surface area (Å²) < 4.78 is 30.8. The molecule has 32 heavy (non-hydrogen) atoms. The Kier molecular flexibility index (Phi) is 8.63. The monoisotopic (exact) mass is 499 g/mol. The van der Waals surface area contributed by atoms with E-state index >= 15 is 0 Å². The minimum Gasteiger partial charge on any atom is -0.465 e. The fraction of sp³-hybridized carbons (Fsp3) is 0.0588. The number of nitrogens with two attached hydrogens (primary N) is 1. The number of carbonyl (C=O) groups excluding carboxylic acids is 2. The SMILES string of the molecule is COC(=O)c1ccccc1S(=O)(=O)NC(=O)Nc1ncc(Cl)cn1.Nc1ncc(Cl)cn1. The van der Waals surface area contributed by atoms with Gasteiger partial charge in [-0.1, -0.05) is 35.3 Å². The van der Waals surface area contributed by atoms with Crippen LogP contribution in [0.1, 0.15) is 10.4 Å². The van der Waals surface area contributed by atoms with Crippen molar-refractivity contribution >= 4 is 57.1 Å². The number of rotatable bonds is 4. The summed E-state index contributed by atoms with van der Waals surface area (Å²) in [5, 5.41) is 2.88. The smallest absolute Gasteiger partial charge is 0.339 e. The number of halogens is 2. The van der Waals surface area contributed by atoms with E-state index in [9.17, 15) is 18.0 Å². The summed E-state index contributed by atoms with van der Waals surface area (Å²) in [7, 11) is -3.20. The molecule has 2 heterocycles. The Morgan fingerprint density at radius 2 is 1.50 bits per heavy atom. The first kappa shape index (κ1) is 24.7. The van der Waals surface area contributed by atoms with Gasteiger partial charge in [0.05, 0.1) is 47.5 Å². The predicted octanol–water partition coefficient (Wildman–Crippen LogP) is 2.14. The lowest BCUT2D eigenvalue weighted by Crippen LogP contribution is -2.35. The molecule has 2 aromatic heterocycles. The molecule has 3 aromatic rings. The Hall–Kier alpha value is -3.55. The summed E-state index contributed by atoms with van der Waals surface area (Å²) in [6, 6.07) is 4.20. The number of hydrogen-bond donors (Lipinski definition) is 3. The molecule has 3 rings (SSSR count). The highest BCUT2D eigenvalue weighted by molar-refractivity contribution is 7.90. The van der Waals surface area contributed by atoms with E-state index < -0.39 is 26.9 Å². The molecule has 0 aliphatic rings. The average Bonchev–Trinajstić information content (AvgIpc) is 2.77. The summed E-state index contributed by atoms with van der Waals surface area (Å²) in [4.78, 5) is 37.7. The van der Waals surface area contributed by atoms with Crippen molar-refractivity contribution < 1.29 is 22.7 Å². The van der Waals surface area contributed by atoms with Gasteiger partial charge in [0.25, 0.3) is 10.0 Å². The summed E-state index contributed by atoms with van der Waals surface area (Å²) in [6.07, 6.45) is 5.35. The second-order valence-electron chi connectivity index (χ2n) is 5.53. The zero-order chi connectivity index (χ0) is 23.7. The van der Waals surface area contributed by atoms with E-state index in [1.807, 2.05) is 0 Å². The Labute approximate surface area is 192 Å². The fourth-order valence-electron chi connectivity index (χ4n) is 1.98. The summed E-state index contributed by atoms with van der Waals surface area (Å²) >= 11 is 11.0. The molecule has 2 amide bonds. The first-order chi connectivity index (χ1) is 15.1. The summed E-state index contributed by atoms with van der Waals surface area (Å²) in [6.45, 7) is 0. The first-order valence-corrected chi connectivity index (χ1v) is 10.6. The van der Waals surface area contributed by atoms with Gasteiger partial charge in [-0.25, -0.2) is 42.7 Å². The molecule has 0 bridgehead atoms. The molecular weight excluding hydrogens is 485 g/mol. The number of anilines is 2. The van der Waals surface area contributed by atoms with E-state index in [1.165, 1.54) is 49.1 Å². The van der Waals surface area contributed by atoms with Crippen LogP contribution in [0.25, 0.3) is 0 Å². The summed E-state index contributed by atoms with van der Waals surface area (Å²) in [5.41, 5.74) is 4.94. The Morgan fingerprint density at radius 3 is 2.03 bits per heavy atom. The molecule has 15 heteroatoms. The van der Waals surface area contributed by atoms with Crippen LogP contribution in [-0.4, -0.2) is 47.5 Å². The number of aromatic nitrogens is 4. The second kappa shape index (κ2) is 11.2. The number of sulfonamides is 1. The maximum Gasteiger partial charge on any atom is 0.339 e. The Balaban J connectivity index is 0.000000380. The van der Waals surface area contributed by atoms with Crippen molar-refractivity contribution in [2.45, 2.75) is 4.90 Å². The van der Waals surface area contributed by atoms with Crippen molar-refractivity contribution in [3.05, 3.63) is 64.7 Å². The van der Waals surface area contributed by atoms with Crippen molar-refractivity contribution in [1.29, 1.82) is 0 Å². The van der Waals surface area contributed by atoms with Gasteiger partial charge in [0.1, 0.15) is 4.90 Å². The van der Waals surface area contributed by atoms with Gasteiger partial charge in [-0.05, 0) is 12.1 Å². The van der Waals surface area contributed by atoms with Gasteiger partial charge in [-0.2, -0.15) is 0 Å². The van der Waals surface area contributed by atoms with Crippen LogP contribution in [0.4, 0.5) is 16.7 Å². The lowest BCUT2D eigenvalue weighted by atomic mass is 10.2. The van der Waals surface area contributed by atoms with E-state index in [1.54, 1.807) is 4.72 Å². The minimum atomic E-state index is -4.32. The maximum absolute atomic E-state index is 12.3. The van der Waals surface area contributed by atoms with Crippen molar-refractivity contribution in [2.24, 2.45) is 0 Å². The van der Waals surface area contributed by atoms with Crippen LogP contribution in [0.15, 0.2) is 53.9 Å². The molecule has 0 aliphatic carbocycles. The van der Waals surface area contributed by atoms with E-state index in [-0.39, 0.29) is 22.5 Å². The largest absolute Gasteiger partial charge is 0.465 e. The quantitative estimate of drug-likeness (QED) is 0.449. The molecule has 0 fully saturated rings. The molecule has 0 unspecified atom stereocenters. The van der Waals surface area contributed by atoms with Crippen LogP contribution in [0.3, 0.4) is 0 Å². The number of urea groups is 1. The molecule has 0 atom stereocenters. The predicted molar refractivity (Wildman–Crippen MR) is 116 cm³/mol. The van der Waals surface area contributed by atoms with Crippen LogP contribution >= 0.6 is 23.2 Å². The number of nitrogen functional groups attached to an aromatic ring is 1. The zero-order valence-corrected chi connectivity index (χ0v) is 18.5. The van der Waals surface area contributed by atoms with Gasteiger partial charge in [-0.3, -0.25) is 5.32 Å². The first-order valence-electron chi connectivity index (χ1n) is 8.34. The average molecular weight is 500 g/mol. The zero-order valence-electron chi connectivity index (χ0n) is 16.2. The number of amides is 2. The number of benzene rings is 1. The van der Waals surface area contributed by atoms with Gasteiger partial charge in [0.15, 0.2) is 0 Å². The van der Waals surface area contributed by atoms with E-state index in [2.05, 4.69) is 30.0 Å². The molecule has 0 spiro atoms. The number of nitrogens with one attached hydrogen (secondary N) is 2. The summed E-state index contributed by atoms with van der Waals surface area (Å²) in [5.74, 6) is -0.750. The molecule has 4 N–H and O–H groups in total. The van der Waals surface area contributed by atoms with Crippen LogP contribution in [0.2, 0.25) is 10.0 Å². The van der Waals surface area contributed by atoms with Crippen LogP contribution < -0.4 is 15.8 Å². The Bertz CT molecular complexity index is 1170. The van der Waals surface area contributed by atoms with Crippen molar-refractivity contribution in [3.63, 3.8) is 0 Å². The van der Waals surface area contributed by atoms with Gasteiger partial charge in [0, 0.05) is 0 Å². The van der Waals surface area contributed by atoms with Crippen LogP contribution in [-0.2, 0) is 14.8 Å². The third-order valence-electron chi connectivity index (χ3n) is 3.29. The number of methoxy groups -OCH3 is 1. The lowest BCUT2D eigenvalue weighted by molar-refractivity contribution is 0.0596. The number of esters is 1. The van der Waals surface area contributed by atoms with E-state index in [4.69, 9.17) is 28.9 Å². The molecule has 0 saturated heterocycles. The normalized spacial score (nSPS) is 10.3. The van der Waals surface area contributed by atoms with Crippen molar-refractivity contribution in [2.75, 3.05) is 18.2 Å². The standard InChI is InChI=1S/C13H11ClN4O5S.C4H4ClN3/c1-23-11(19)9-4-2-3-5-10(9)24(21,22)18-13(20)17-12-15-6-8(14)7-16-12;5-3-1-7-4(6)8-2-3/h2-7H,1H3,(H2,15,16,17,18,20);1-2H,(H2,6,7,8). The van der Waals surface area contributed by atoms with E-state index in [0.717, 1.165) is 7.11 Å². The third-order valence-corrected chi connectivity index (χ3v) is 5.07. The second-order valence-corrected chi connectivity index (χ2v) is 8.06. The van der Waals surface area contributed by atoms with Gasteiger partial charge in [0.2, 0.25) is 11.9 Å². The highest BCUT2D eigenvalue weighted by Crippen LogP contribution is 2.16. The molecule has 0 saturated carbocycles. The number of hydrogen-bond acceptors (Lipinski definition) is 10. The minimum absolute atomic E-state index is 0.145. The van der Waals surface area contributed by atoms with Gasteiger partial charge < -0.3 is 10.5 Å². The fourth-order valence-corrected chi connectivity index (χ4v) is 3.28. The highest BCUT2D eigenvalue weighted by atomic mass is 35.5. The van der Waals surface area contributed by atoms with E-state index in [0.29, 0.717) is 5.02 Å². The topological polar surface area (TPSA) is 179 Å². The number of carbonyl (C=O) groups is 2. The molecule has 168 valence electrons. The van der Waals surface area contributed by atoms with Gasteiger partial charge in [-0.15, -0.1) is 0 Å². The highest BCUT2D eigenvalue weighted by Gasteiger charge is 2.24. The molecule has 0 aliphatic heterocycles. The van der Waals surface area contributed by atoms with Crippen LogP contribution in [0.5, 0.6) is 0 Å². The third kappa shape index (κ3) is 7.30.